The molecule has 112 valence electrons. The molecule has 0 radical (unpaired) electrons. The quantitative estimate of drug-likeness (QED) is 0.821. The van der Waals surface area contributed by atoms with Crippen LogP contribution in [0, 0.1) is 11.8 Å². The van der Waals surface area contributed by atoms with Gasteiger partial charge in [-0.25, -0.2) is 0 Å². The molecule has 1 N–H and O–H groups in total. The van der Waals surface area contributed by atoms with E-state index in [4.69, 9.17) is 4.74 Å². The first-order chi connectivity index (χ1) is 9.78. The number of nitrogens with one attached hydrogen (secondary N) is 1. The molecule has 3 atom stereocenters. The van der Waals surface area contributed by atoms with Crippen molar-refractivity contribution in [1.29, 1.82) is 0 Å². The minimum Gasteiger partial charge on any atom is -0.494 e. The van der Waals surface area contributed by atoms with Gasteiger partial charge in [-0.3, -0.25) is 0 Å². The van der Waals surface area contributed by atoms with E-state index < -0.39 is 0 Å². The van der Waals surface area contributed by atoms with Crippen LogP contribution in [-0.2, 0) is 0 Å². The van der Waals surface area contributed by atoms with Gasteiger partial charge in [0.05, 0.1) is 6.61 Å². The molecule has 1 fully saturated rings. The zero-order valence-corrected chi connectivity index (χ0v) is 13.2. The zero-order valence-electron chi connectivity index (χ0n) is 13.2. The summed E-state index contributed by atoms with van der Waals surface area (Å²) >= 11 is 0. The van der Waals surface area contributed by atoms with Gasteiger partial charge in [0.1, 0.15) is 5.75 Å². The average Bonchev–Trinajstić information content (AvgIpc) is 2.49. The van der Waals surface area contributed by atoms with Crippen LogP contribution in [0.4, 0.5) is 0 Å². The lowest BCUT2D eigenvalue weighted by Gasteiger charge is -2.34. The summed E-state index contributed by atoms with van der Waals surface area (Å²) in [5, 5.41) is 3.55. The SMILES string of the molecule is CCOc1cccc(C(NC)C2CCCC(CC)C2)c1. The fourth-order valence-electron chi connectivity index (χ4n) is 3.65. The first-order valence-corrected chi connectivity index (χ1v) is 8.18. The van der Waals surface area contributed by atoms with Crippen LogP contribution in [0.5, 0.6) is 5.75 Å². The van der Waals surface area contributed by atoms with Crippen molar-refractivity contribution in [2.75, 3.05) is 13.7 Å². The highest BCUT2D eigenvalue weighted by Crippen LogP contribution is 2.38. The highest BCUT2D eigenvalue weighted by molar-refractivity contribution is 5.31. The zero-order chi connectivity index (χ0) is 14.4. The lowest BCUT2D eigenvalue weighted by molar-refractivity contribution is 0.214. The Morgan fingerprint density at radius 3 is 2.85 bits per heavy atom. The van der Waals surface area contributed by atoms with Crippen LogP contribution in [0.15, 0.2) is 24.3 Å². The number of ether oxygens (including phenoxy) is 1. The van der Waals surface area contributed by atoms with Crippen LogP contribution in [0.1, 0.15) is 57.6 Å². The Labute approximate surface area is 123 Å². The van der Waals surface area contributed by atoms with E-state index in [0.29, 0.717) is 6.04 Å². The van der Waals surface area contributed by atoms with Gasteiger partial charge in [-0.05, 0) is 56.3 Å². The van der Waals surface area contributed by atoms with Crippen molar-refractivity contribution >= 4 is 0 Å². The lowest BCUT2D eigenvalue weighted by Crippen LogP contribution is -2.29. The van der Waals surface area contributed by atoms with Crippen molar-refractivity contribution in [3.8, 4) is 5.75 Å². The molecule has 1 saturated carbocycles. The van der Waals surface area contributed by atoms with E-state index in [9.17, 15) is 0 Å². The predicted octanol–water partition coefficient (Wildman–Crippen LogP) is 4.56. The molecule has 20 heavy (non-hydrogen) atoms. The third kappa shape index (κ3) is 3.76. The average molecular weight is 275 g/mol. The molecule has 0 spiro atoms. The molecule has 1 aliphatic carbocycles. The number of hydrogen-bond acceptors (Lipinski definition) is 2. The van der Waals surface area contributed by atoms with E-state index in [2.05, 4.69) is 43.6 Å². The molecule has 0 aromatic heterocycles. The van der Waals surface area contributed by atoms with E-state index in [0.717, 1.165) is 24.2 Å². The summed E-state index contributed by atoms with van der Waals surface area (Å²) in [6.45, 7) is 5.10. The van der Waals surface area contributed by atoms with Crippen molar-refractivity contribution in [1.82, 2.24) is 5.32 Å². The minimum absolute atomic E-state index is 0.463. The predicted molar refractivity (Wildman–Crippen MR) is 85.2 cm³/mol. The largest absolute Gasteiger partial charge is 0.494 e. The van der Waals surface area contributed by atoms with E-state index in [1.807, 2.05) is 6.92 Å². The third-order valence-electron chi connectivity index (χ3n) is 4.71. The van der Waals surface area contributed by atoms with Crippen LogP contribution < -0.4 is 10.1 Å². The van der Waals surface area contributed by atoms with Crippen LogP contribution in [0.3, 0.4) is 0 Å². The van der Waals surface area contributed by atoms with Gasteiger partial charge in [0.2, 0.25) is 0 Å². The molecule has 2 nitrogen and oxygen atoms in total. The van der Waals surface area contributed by atoms with Crippen LogP contribution in [0.2, 0.25) is 0 Å². The van der Waals surface area contributed by atoms with Gasteiger partial charge < -0.3 is 10.1 Å². The molecule has 0 bridgehead atoms. The summed E-state index contributed by atoms with van der Waals surface area (Å²) in [6, 6.07) is 9.07. The molecular weight excluding hydrogens is 246 g/mol. The normalized spacial score (nSPS) is 24.4. The molecule has 0 amide bonds. The fraction of sp³-hybridized carbons (Fsp3) is 0.667. The molecular formula is C18H29NO. The van der Waals surface area contributed by atoms with Gasteiger partial charge in [0, 0.05) is 6.04 Å². The summed E-state index contributed by atoms with van der Waals surface area (Å²) in [6.07, 6.45) is 6.84. The molecule has 1 aromatic carbocycles. The molecule has 2 heteroatoms. The number of benzene rings is 1. The Balaban J connectivity index is 2.12. The Bertz CT molecular complexity index is 404. The molecule has 0 aliphatic heterocycles. The van der Waals surface area contributed by atoms with Crippen molar-refractivity contribution in [3.05, 3.63) is 29.8 Å². The Kier molecular flexibility index (Phi) is 5.90. The first-order valence-electron chi connectivity index (χ1n) is 8.18. The smallest absolute Gasteiger partial charge is 0.119 e. The molecule has 3 unspecified atom stereocenters. The van der Waals surface area contributed by atoms with Gasteiger partial charge in [0.25, 0.3) is 0 Å². The summed E-state index contributed by atoms with van der Waals surface area (Å²) in [5.74, 6) is 2.67. The molecule has 1 aromatic rings. The second-order valence-electron chi connectivity index (χ2n) is 5.97. The summed E-state index contributed by atoms with van der Waals surface area (Å²) in [5.41, 5.74) is 1.38. The second kappa shape index (κ2) is 7.68. The van der Waals surface area contributed by atoms with Gasteiger partial charge in [-0.1, -0.05) is 38.3 Å². The second-order valence-corrected chi connectivity index (χ2v) is 5.97. The maximum atomic E-state index is 5.64. The summed E-state index contributed by atoms with van der Waals surface area (Å²) in [4.78, 5) is 0. The standard InChI is InChI=1S/C18H29NO/c1-4-14-8-6-9-15(12-14)18(19-3)16-10-7-11-17(13-16)20-5-2/h7,10-11,13-15,18-19H,4-6,8-9,12H2,1-3H3. The van der Waals surface area contributed by atoms with Gasteiger partial charge in [0.15, 0.2) is 0 Å². The van der Waals surface area contributed by atoms with Crippen LogP contribution in [0.25, 0.3) is 0 Å². The van der Waals surface area contributed by atoms with E-state index in [1.165, 1.54) is 37.7 Å². The van der Waals surface area contributed by atoms with Gasteiger partial charge in [-0.15, -0.1) is 0 Å². The maximum Gasteiger partial charge on any atom is 0.119 e. The van der Waals surface area contributed by atoms with Gasteiger partial charge in [-0.2, -0.15) is 0 Å². The van der Waals surface area contributed by atoms with E-state index in [1.54, 1.807) is 0 Å². The van der Waals surface area contributed by atoms with Crippen molar-refractivity contribution < 1.29 is 4.74 Å². The Morgan fingerprint density at radius 1 is 1.30 bits per heavy atom. The Morgan fingerprint density at radius 2 is 2.15 bits per heavy atom. The highest BCUT2D eigenvalue weighted by atomic mass is 16.5. The molecule has 1 aliphatic rings. The van der Waals surface area contributed by atoms with Crippen molar-refractivity contribution in [2.45, 2.75) is 52.0 Å². The van der Waals surface area contributed by atoms with E-state index >= 15 is 0 Å². The van der Waals surface area contributed by atoms with Crippen LogP contribution in [-0.4, -0.2) is 13.7 Å². The summed E-state index contributed by atoms with van der Waals surface area (Å²) in [7, 11) is 2.09. The molecule has 0 saturated heterocycles. The number of rotatable bonds is 6. The van der Waals surface area contributed by atoms with Crippen LogP contribution >= 0.6 is 0 Å². The third-order valence-corrected chi connectivity index (χ3v) is 4.71. The van der Waals surface area contributed by atoms with Crippen molar-refractivity contribution in [3.63, 3.8) is 0 Å². The topological polar surface area (TPSA) is 21.3 Å². The molecule has 0 heterocycles. The lowest BCUT2D eigenvalue weighted by atomic mass is 9.75. The maximum absolute atomic E-state index is 5.64. The monoisotopic (exact) mass is 275 g/mol. The fourth-order valence-corrected chi connectivity index (χ4v) is 3.65. The van der Waals surface area contributed by atoms with E-state index in [-0.39, 0.29) is 0 Å². The highest BCUT2D eigenvalue weighted by Gasteiger charge is 2.28. The van der Waals surface area contributed by atoms with Gasteiger partial charge >= 0.3 is 0 Å². The summed E-state index contributed by atoms with van der Waals surface area (Å²) < 4.78 is 5.64. The van der Waals surface area contributed by atoms with Crippen molar-refractivity contribution in [2.24, 2.45) is 11.8 Å². The number of hydrogen-bond donors (Lipinski definition) is 1. The minimum atomic E-state index is 0.463. The Hall–Kier alpha value is -1.02. The first kappa shape index (κ1) is 15.4. The molecule has 2 rings (SSSR count).